The molecule has 2 N–H and O–H groups in total. The molecule has 4 aromatic rings. The Morgan fingerprint density at radius 3 is 2.48 bits per heavy atom. The molecule has 0 aromatic heterocycles. The molecule has 1 heteroatoms. The molecule has 0 heterocycles. The van der Waals surface area contributed by atoms with Crippen molar-refractivity contribution in [3.8, 4) is 11.1 Å². The van der Waals surface area contributed by atoms with Crippen LogP contribution in [0.2, 0.25) is 0 Å². The number of hydrogen-bond acceptors (Lipinski definition) is 1. The monoisotopic (exact) mass is 589 g/mol. The predicted octanol–water partition coefficient (Wildman–Crippen LogP) is 8.80. The summed E-state index contributed by atoms with van der Waals surface area (Å²) in [6.45, 7) is 0. The van der Waals surface area contributed by atoms with E-state index in [-0.39, 0.29) is 0 Å². The van der Waals surface area contributed by atoms with E-state index in [0.29, 0.717) is 11.8 Å². The molecular weight excluding hydrogens is 555 g/mol. The minimum absolute atomic E-state index is 0.327. The van der Waals surface area contributed by atoms with Crippen LogP contribution >= 0.6 is 0 Å². The third kappa shape index (κ3) is 4.18. The third-order valence-electron chi connectivity index (χ3n) is 10.4. The molecule has 4 aromatic carbocycles. The summed E-state index contributed by atoms with van der Waals surface area (Å²) in [5, 5.41) is 4.61. The van der Waals surface area contributed by atoms with Crippen LogP contribution in [0.5, 0.6) is 0 Å². The van der Waals surface area contributed by atoms with Crippen LogP contribution in [-0.4, -0.2) is 0 Å². The Morgan fingerprint density at radius 1 is 0.804 bits per heavy atom. The van der Waals surface area contributed by atoms with Gasteiger partial charge in [0.15, 0.2) is 0 Å². The summed E-state index contributed by atoms with van der Waals surface area (Å²) in [4.78, 5) is 0. The molecule has 5 aliphatic carbocycles. The maximum Gasteiger partial charge on any atom is 0.0412 e. The van der Waals surface area contributed by atoms with Gasteiger partial charge in [0.05, 0.1) is 0 Å². The molecule has 0 saturated carbocycles. The molecule has 0 aliphatic heterocycles. The van der Waals surface area contributed by atoms with Crippen molar-refractivity contribution in [1.29, 1.82) is 0 Å². The first kappa shape index (κ1) is 27.0. The van der Waals surface area contributed by atoms with Crippen LogP contribution in [0, 0.1) is 24.0 Å². The lowest BCUT2D eigenvalue weighted by atomic mass is 9.69. The molecule has 9 rings (SSSR count). The van der Waals surface area contributed by atoms with E-state index in [9.17, 15) is 0 Å². The van der Waals surface area contributed by atoms with Gasteiger partial charge in [-0.3, -0.25) is 0 Å². The van der Waals surface area contributed by atoms with E-state index in [1.165, 1.54) is 61.1 Å². The van der Waals surface area contributed by atoms with Crippen LogP contribution in [0.25, 0.3) is 50.9 Å². The molecular formula is C45H35N. The molecule has 2 atom stereocenters. The number of allylic oxidation sites excluding steroid dienone is 14. The zero-order valence-corrected chi connectivity index (χ0v) is 25.9. The van der Waals surface area contributed by atoms with Crippen molar-refractivity contribution in [1.82, 2.24) is 0 Å². The molecule has 0 radical (unpaired) electrons. The van der Waals surface area contributed by atoms with Gasteiger partial charge in [-0.05, 0) is 98.7 Å². The molecule has 46 heavy (non-hydrogen) atoms. The quantitative estimate of drug-likeness (QED) is 0.253. The fraction of sp³-hybridized carbons (Fsp3) is 0.156. The Bertz CT molecular complexity index is 2280. The van der Waals surface area contributed by atoms with Crippen LogP contribution in [0.1, 0.15) is 47.9 Å². The van der Waals surface area contributed by atoms with E-state index in [0.717, 1.165) is 53.5 Å². The highest BCUT2D eigenvalue weighted by atomic mass is 14.5. The minimum Gasteiger partial charge on any atom is -0.404 e. The fourth-order valence-electron chi connectivity index (χ4n) is 8.40. The van der Waals surface area contributed by atoms with Crippen LogP contribution in [-0.2, 0) is 6.42 Å². The summed E-state index contributed by atoms with van der Waals surface area (Å²) in [6, 6.07) is 29.1. The van der Waals surface area contributed by atoms with Gasteiger partial charge in [0.2, 0.25) is 0 Å². The number of fused-ring (bicyclic) bond motifs is 5. The molecule has 0 amide bonds. The average molecular weight is 590 g/mol. The topological polar surface area (TPSA) is 26.0 Å². The summed E-state index contributed by atoms with van der Waals surface area (Å²) < 4.78 is 0. The highest BCUT2D eigenvalue weighted by Crippen LogP contribution is 2.61. The molecule has 0 bridgehead atoms. The van der Waals surface area contributed by atoms with E-state index in [1.807, 2.05) is 6.07 Å². The minimum atomic E-state index is 0.327. The van der Waals surface area contributed by atoms with Crippen molar-refractivity contribution in [3.63, 3.8) is 0 Å². The van der Waals surface area contributed by atoms with Gasteiger partial charge in [0, 0.05) is 39.9 Å². The molecule has 0 fully saturated rings. The summed E-state index contributed by atoms with van der Waals surface area (Å²) in [6.07, 6.45) is 30.7. The lowest BCUT2D eigenvalue weighted by Crippen LogP contribution is -2.25. The first-order chi connectivity index (χ1) is 22.8. The number of hydrogen-bond donors (Lipinski definition) is 1. The zero-order chi connectivity index (χ0) is 30.6. The van der Waals surface area contributed by atoms with Gasteiger partial charge < -0.3 is 5.73 Å². The van der Waals surface area contributed by atoms with Gasteiger partial charge >= 0.3 is 0 Å². The Balaban J connectivity index is 1.37. The smallest absolute Gasteiger partial charge is 0.0412 e. The number of rotatable bonds is 4. The Morgan fingerprint density at radius 2 is 1.63 bits per heavy atom. The molecule has 0 saturated heterocycles. The number of nitrogens with two attached hydrogens (primary N) is 1. The highest BCUT2D eigenvalue weighted by molar-refractivity contribution is 6.16. The van der Waals surface area contributed by atoms with Gasteiger partial charge in [-0.25, -0.2) is 0 Å². The number of benzene rings is 3. The largest absolute Gasteiger partial charge is 0.404 e. The van der Waals surface area contributed by atoms with Crippen LogP contribution in [0.15, 0.2) is 126 Å². The Hall–Kier alpha value is -5.32. The third-order valence-corrected chi connectivity index (χ3v) is 10.4. The first-order valence-corrected chi connectivity index (χ1v) is 16.7. The second-order valence-electron chi connectivity index (χ2n) is 12.9. The van der Waals surface area contributed by atoms with Gasteiger partial charge in [-0.15, -0.1) is 0 Å². The summed E-state index contributed by atoms with van der Waals surface area (Å²) in [7, 11) is 0. The summed E-state index contributed by atoms with van der Waals surface area (Å²) in [5.74, 6) is 0.697. The summed E-state index contributed by atoms with van der Waals surface area (Å²) >= 11 is 0. The van der Waals surface area contributed by atoms with E-state index in [1.54, 1.807) is 6.20 Å². The van der Waals surface area contributed by atoms with Crippen molar-refractivity contribution in [3.05, 3.63) is 171 Å². The van der Waals surface area contributed by atoms with E-state index < -0.39 is 0 Å². The Kier molecular flexibility index (Phi) is 6.43. The van der Waals surface area contributed by atoms with E-state index >= 15 is 0 Å². The Labute approximate surface area is 271 Å². The van der Waals surface area contributed by atoms with Gasteiger partial charge in [0.1, 0.15) is 0 Å². The van der Waals surface area contributed by atoms with E-state index in [4.69, 9.17) is 5.73 Å². The lowest BCUT2D eigenvalue weighted by molar-refractivity contribution is 0.660. The fourth-order valence-corrected chi connectivity index (χ4v) is 8.40. The first-order valence-electron chi connectivity index (χ1n) is 16.7. The van der Waals surface area contributed by atoms with Gasteiger partial charge in [0.25, 0.3) is 0 Å². The van der Waals surface area contributed by atoms with Gasteiger partial charge in [-0.1, -0.05) is 127 Å². The van der Waals surface area contributed by atoms with Crippen LogP contribution < -0.4 is 16.2 Å². The van der Waals surface area contributed by atoms with Crippen molar-refractivity contribution < 1.29 is 0 Å². The van der Waals surface area contributed by atoms with Crippen molar-refractivity contribution in [2.24, 2.45) is 17.6 Å². The molecule has 1 nitrogen and oxygen atoms in total. The van der Waals surface area contributed by atoms with Gasteiger partial charge in [-0.2, -0.15) is 0 Å². The molecule has 5 aliphatic rings. The van der Waals surface area contributed by atoms with Crippen molar-refractivity contribution in [2.45, 2.75) is 32.1 Å². The van der Waals surface area contributed by atoms with Crippen LogP contribution in [0.3, 0.4) is 0 Å². The zero-order valence-electron chi connectivity index (χ0n) is 25.9. The maximum atomic E-state index is 5.96. The molecule has 0 spiro atoms. The summed E-state index contributed by atoms with van der Waals surface area (Å²) in [5.41, 5.74) is 21.1. The SMILES string of the molecule is N/C=c1/cccc/c1=C/Cc1c#cc2c(-c3ccccc3)c3c(c(C4=CCCC=C4)c2c1)C1=CC=CC2C4=C(C=C3C12)CCC=C4. The van der Waals surface area contributed by atoms with E-state index in [2.05, 4.69) is 127 Å². The average Bonchev–Trinajstić information content (AvgIpc) is 3.44. The lowest BCUT2D eigenvalue weighted by Gasteiger charge is -2.34. The van der Waals surface area contributed by atoms with Crippen molar-refractivity contribution >= 4 is 39.8 Å². The predicted molar refractivity (Wildman–Crippen MR) is 193 cm³/mol. The van der Waals surface area contributed by atoms with Crippen molar-refractivity contribution in [2.75, 3.05) is 0 Å². The standard InChI is InChI=1S/C45H35N/c46-28-34-18-8-7-12-30(34)24-22-29-23-25-37-39(26-29)42(32-15-5-2-6-16-32)44-38-21-11-20-36-35-19-10-9-17-33(35)27-40(43(36)38)45(44)41(37)31-13-3-1-4-14-31/h1,3-5,7-8,10-16,18-21,24,26-28,36,43H,2,6,9,17,22,46H2/b30-24-,34-28-. The maximum absolute atomic E-state index is 5.96. The highest BCUT2D eigenvalue weighted by Gasteiger charge is 2.44. The van der Waals surface area contributed by atoms with Crippen LogP contribution in [0.4, 0.5) is 0 Å². The normalized spacial score (nSPS) is 21.4. The second-order valence-corrected chi connectivity index (χ2v) is 12.9. The molecule has 220 valence electrons. The molecule has 2 unspecified atom stereocenters. The second kappa shape index (κ2) is 10.9.